The van der Waals surface area contributed by atoms with Crippen LogP contribution in [0.15, 0.2) is 42.3 Å². The molecule has 2 fully saturated rings. The molecular formula is C24H28F3NO. The fourth-order valence-corrected chi connectivity index (χ4v) is 4.48. The number of ether oxygens (including phenoxy) is 1. The van der Waals surface area contributed by atoms with Gasteiger partial charge in [-0.3, -0.25) is 0 Å². The van der Waals surface area contributed by atoms with Gasteiger partial charge in [0.2, 0.25) is 0 Å². The highest BCUT2D eigenvalue weighted by atomic mass is 19.2. The van der Waals surface area contributed by atoms with Crippen molar-refractivity contribution in [2.75, 3.05) is 6.61 Å². The second-order valence-corrected chi connectivity index (χ2v) is 8.27. The molecule has 0 radical (unpaired) electrons. The van der Waals surface area contributed by atoms with Gasteiger partial charge in [-0.15, -0.1) is 0 Å². The van der Waals surface area contributed by atoms with Gasteiger partial charge in [0.1, 0.15) is 6.07 Å². The molecule has 1 aromatic rings. The molecule has 2 aliphatic carbocycles. The van der Waals surface area contributed by atoms with Crippen LogP contribution < -0.4 is 0 Å². The van der Waals surface area contributed by atoms with Gasteiger partial charge in [0, 0.05) is 6.61 Å². The SMILES string of the molecule is N#CC(F)=CC=CC1CCC(COC2CCC(c3ccc(F)c(F)c3)CC2)CC1. The third kappa shape index (κ3) is 6.47. The van der Waals surface area contributed by atoms with E-state index in [0.29, 0.717) is 11.8 Å². The van der Waals surface area contributed by atoms with Crippen LogP contribution in [0.1, 0.15) is 62.8 Å². The van der Waals surface area contributed by atoms with Gasteiger partial charge < -0.3 is 4.74 Å². The lowest BCUT2D eigenvalue weighted by Crippen LogP contribution is -2.25. The van der Waals surface area contributed by atoms with Crippen LogP contribution in [0.2, 0.25) is 0 Å². The first-order valence-electron chi connectivity index (χ1n) is 10.6. The van der Waals surface area contributed by atoms with Crippen molar-refractivity contribution >= 4 is 0 Å². The first-order valence-corrected chi connectivity index (χ1v) is 10.6. The second-order valence-electron chi connectivity index (χ2n) is 8.27. The molecule has 0 atom stereocenters. The Morgan fingerprint density at radius 2 is 1.76 bits per heavy atom. The summed E-state index contributed by atoms with van der Waals surface area (Å²) in [5.74, 6) is -1.02. The van der Waals surface area contributed by atoms with Crippen LogP contribution in [-0.2, 0) is 4.74 Å². The lowest BCUT2D eigenvalue weighted by atomic mass is 9.81. The summed E-state index contributed by atoms with van der Waals surface area (Å²) in [6.07, 6.45) is 13.2. The lowest BCUT2D eigenvalue weighted by molar-refractivity contribution is -0.00339. The molecule has 2 saturated carbocycles. The fourth-order valence-electron chi connectivity index (χ4n) is 4.48. The summed E-state index contributed by atoms with van der Waals surface area (Å²) >= 11 is 0. The summed E-state index contributed by atoms with van der Waals surface area (Å²) in [5.41, 5.74) is 0.887. The molecule has 29 heavy (non-hydrogen) atoms. The number of halogens is 3. The van der Waals surface area contributed by atoms with E-state index in [9.17, 15) is 13.2 Å². The maximum atomic E-state index is 13.4. The van der Waals surface area contributed by atoms with Crippen LogP contribution in [0.4, 0.5) is 13.2 Å². The predicted molar refractivity (Wildman–Crippen MR) is 107 cm³/mol. The van der Waals surface area contributed by atoms with E-state index in [2.05, 4.69) is 0 Å². The Bertz CT molecular complexity index is 767. The van der Waals surface area contributed by atoms with Crippen LogP contribution in [0.3, 0.4) is 0 Å². The first kappa shape index (κ1) is 21.6. The molecule has 3 rings (SSSR count). The second kappa shape index (κ2) is 10.6. The Kier molecular flexibility index (Phi) is 7.94. The van der Waals surface area contributed by atoms with Crippen molar-refractivity contribution in [1.82, 2.24) is 0 Å². The van der Waals surface area contributed by atoms with Gasteiger partial charge in [0.15, 0.2) is 17.5 Å². The molecule has 156 valence electrons. The van der Waals surface area contributed by atoms with Gasteiger partial charge in [-0.2, -0.15) is 9.65 Å². The van der Waals surface area contributed by atoms with Crippen molar-refractivity contribution in [3.8, 4) is 6.07 Å². The third-order valence-electron chi connectivity index (χ3n) is 6.28. The van der Waals surface area contributed by atoms with E-state index < -0.39 is 17.5 Å². The van der Waals surface area contributed by atoms with Gasteiger partial charge >= 0.3 is 0 Å². The minimum atomic E-state index is -0.790. The molecule has 0 saturated heterocycles. The summed E-state index contributed by atoms with van der Waals surface area (Å²) in [4.78, 5) is 0. The van der Waals surface area contributed by atoms with Crippen LogP contribution in [0.25, 0.3) is 0 Å². The zero-order valence-corrected chi connectivity index (χ0v) is 16.6. The van der Waals surface area contributed by atoms with Crippen molar-refractivity contribution in [3.63, 3.8) is 0 Å². The fraction of sp³-hybridized carbons (Fsp3) is 0.542. The number of benzene rings is 1. The summed E-state index contributed by atoms with van der Waals surface area (Å²) in [5, 5.41) is 8.40. The molecule has 0 amide bonds. The zero-order valence-electron chi connectivity index (χ0n) is 16.6. The average Bonchev–Trinajstić information content (AvgIpc) is 2.75. The van der Waals surface area contributed by atoms with Gasteiger partial charge in [-0.25, -0.2) is 8.78 Å². The highest BCUT2D eigenvalue weighted by molar-refractivity contribution is 5.22. The molecule has 0 N–H and O–H groups in total. The van der Waals surface area contributed by atoms with E-state index in [1.165, 1.54) is 24.3 Å². The van der Waals surface area contributed by atoms with Crippen molar-refractivity contribution in [2.24, 2.45) is 11.8 Å². The van der Waals surface area contributed by atoms with E-state index >= 15 is 0 Å². The molecule has 0 aliphatic heterocycles. The maximum Gasteiger partial charge on any atom is 0.199 e. The molecule has 2 nitrogen and oxygen atoms in total. The summed E-state index contributed by atoms with van der Waals surface area (Å²) in [6.45, 7) is 0.778. The van der Waals surface area contributed by atoms with E-state index in [1.54, 1.807) is 12.1 Å². The van der Waals surface area contributed by atoms with Crippen molar-refractivity contribution in [2.45, 2.75) is 63.4 Å². The smallest absolute Gasteiger partial charge is 0.199 e. The van der Waals surface area contributed by atoms with Gasteiger partial charge in [0.05, 0.1) is 6.10 Å². The Morgan fingerprint density at radius 1 is 1.03 bits per heavy atom. The van der Waals surface area contributed by atoms with Crippen LogP contribution in [-0.4, -0.2) is 12.7 Å². The normalized spacial score (nSPS) is 28.4. The minimum absolute atomic E-state index is 0.258. The summed E-state index contributed by atoms with van der Waals surface area (Å²) in [7, 11) is 0. The zero-order chi connectivity index (χ0) is 20.6. The average molecular weight is 403 g/mol. The summed E-state index contributed by atoms with van der Waals surface area (Å²) < 4.78 is 45.5. The molecule has 0 unspecified atom stereocenters. The van der Waals surface area contributed by atoms with Crippen molar-refractivity contribution < 1.29 is 17.9 Å². The van der Waals surface area contributed by atoms with Crippen molar-refractivity contribution in [1.29, 1.82) is 5.26 Å². The largest absolute Gasteiger partial charge is 0.378 e. The van der Waals surface area contributed by atoms with Gasteiger partial charge in [-0.05, 0) is 92.9 Å². The van der Waals surface area contributed by atoms with Crippen LogP contribution in [0, 0.1) is 34.8 Å². The number of hydrogen-bond acceptors (Lipinski definition) is 2. The Balaban J connectivity index is 1.35. The first-order chi connectivity index (χ1) is 14.0. The number of nitriles is 1. The minimum Gasteiger partial charge on any atom is -0.378 e. The predicted octanol–water partition coefficient (Wildman–Crippen LogP) is 6.75. The Hall–Kier alpha value is -2.06. The molecule has 0 spiro atoms. The van der Waals surface area contributed by atoms with Crippen molar-refractivity contribution in [3.05, 3.63) is 59.5 Å². The highest BCUT2D eigenvalue weighted by Crippen LogP contribution is 2.36. The molecular weight excluding hydrogens is 375 g/mol. The molecule has 5 heteroatoms. The molecule has 0 heterocycles. The highest BCUT2D eigenvalue weighted by Gasteiger charge is 2.25. The standard InChI is InChI=1S/C24H28F3NO/c25-21(15-28)3-1-2-17-4-6-18(7-5-17)16-29-22-11-8-19(9-12-22)20-10-13-23(26)24(27)14-20/h1-3,10,13-14,17-19,22H,4-9,11-12,16H2. The van der Waals surface area contributed by atoms with Crippen LogP contribution >= 0.6 is 0 Å². The number of hydrogen-bond donors (Lipinski definition) is 0. The Morgan fingerprint density at radius 3 is 2.41 bits per heavy atom. The maximum absolute atomic E-state index is 13.4. The molecule has 0 bridgehead atoms. The quantitative estimate of drug-likeness (QED) is 0.389. The van der Waals surface area contributed by atoms with Crippen LogP contribution in [0.5, 0.6) is 0 Å². The van der Waals surface area contributed by atoms with E-state index in [1.807, 2.05) is 6.08 Å². The molecule has 1 aromatic carbocycles. The third-order valence-corrected chi connectivity index (χ3v) is 6.28. The lowest BCUT2D eigenvalue weighted by Gasteiger charge is -2.32. The van der Waals surface area contributed by atoms with Gasteiger partial charge in [0.25, 0.3) is 0 Å². The van der Waals surface area contributed by atoms with E-state index in [-0.39, 0.29) is 12.0 Å². The number of nitrogens with zero attached hydrogens (tertiary/aromatic N) is 1. The van der Waals surface area contributed by atoms with E-state index in [4.69, 9.17) is 10.00 Å². The van der Waals surface area contributed by atoms with E-state index in [0.717, 1.165) is 63.5 Å². The molecule has 2 aliphatic rings. The topological polar surface area (TPSA) is 33.0 Å². The Labute approximate surface area is 171 Å². The number of rotatable bonds is 6. The number of allylic oxidation sites excluding steroid dienone is 4. The summed E-state index contributed by atoms with van der Waals surface area (Å²) in [6, 6.07) is 5.71. The monoisotopic (exact) mass is 403 g/mol. The molecule has 0 aromatic heterocycles. The van der Waals surface area contributed by atoms with Gasteiger partial charge in [-0.1, -0.05) is 18.2 Å².